The minimum absolute atomic E-state index is 0.0528. The SMILES string of the molecule is COc1ccc(NC2c3ccccc3C(=O)N2c2ccc(C)cn2)cc1. The second-order valence-electron chi connectivity index (χ2n) is 6.23. The van der Waals surface area contributed by atoms with Crippen LogP contribution in [0.25, 0.3) is 0 Å². The molecule has 3 aromatic rings. The number of carbonyl (C=O) groups is 1. The lowest BCUT2D eigenvalue weighted by Gasteiger charge is -2.26. The molecule has 2 aromatic carbocycles. The first kappa shape index (κ1) is 16.1. The highest BCUT2D eigenvalue weighted by atomic mass is 16.5. The molecule has 0 aliphatic carbocycles. The molecule has 0 saturated heterocycles. The number of fused-ring (bicyclic) bond motifs is 1. The standard InChI is InChI=1S/C21H19N3O2/c1-14-7-12-19(22-13-14)24-20(17-5-3-4-6-18(17)21(24)25)23-15-8-10-16(26-2)11-9-15/h3-13,20,23H,1-2H3. The summed E-state index contributed by atoms with van der Waals surface area (Å²) in [6, 6.07) is 19.1. The van der Waals surface area contributed by atoms with Gasteiger partial charge in [0.1, 0.15) is 17.7 Å². The van der Waals surface area contributed by atoms with Gasteiger partial charge >= 0.3 is 0 Å². The Morgan fingerprint density at radius 3 is 2.50 bits per heavy atom. The second kappa shape index (κ2) is 6.52. The van der Waals surface area contributed by atoms with E-state index in [2.05, 4.69) is 10.3 Å². The molecule has 1 atom stereocenters. The van der Waals surface area contributed by atoms with Gasteiger partial charge in [0, 0.05) is 23.0 Å². The normalized spacial score (nSPS) is 15.7. The van der Waals surface area contributed by atoms with Crippen molar-refractivity contribution in [2.45, 2.75) is 13.1 Å². The zero-order chi connectivity index (χ0) is 18.1. The van der Waals surface area contributed by atoms with Crippen molar-refractivity contribution < 1.29 is 9.53 Å². The lowest BCUT2D eigenvalue weighted by atomic mass is 10.1. The summed E-state index contributed by atoms with van der Waals surface area (Å²) in [6.45, 7) is 1.98. The Hall–Kier alpha value is -3.34. The average molecular weight is 345 g/mol. The van der Waals surface area contributed by atoms with Crippen LogP contribution in [0.4, 0.5) is 11.5 Å². The summed E-state index contributed by atoms with van der Waals surface area (Å²) in [5.74, 6) is 1.36. The summed E-state index contributed by atoms with van der Waals surface area (Å²) in [6.07, 6.45) is 1.46. The number of nitrogens with one attached hydrogen (secondary N) is 1. The van der Waals surface area contributed by atoms with Crippen LogP contribution < -0.4 is 15.0 Å². The summed E-state index contributed by atoms with van der Waals surface area (Å²) >= 11 is 0. The van der Waals surface area contributed by atoms with Gasteiger partial charge in [-0.3, -0.25) is 9.69 Å². The fraction of sp³-hybridized carbons (Fsp3) is 0.143. The van der Waals surface area contributed by atoms with Gasteiger partial charge in [-0.05, 0) is 48.9 Å². The minimum atomic E-state index is -0.317. The van der Waals surface area contributed by atoms with E-state index in [1.807, 2.05) is 67.6 Å². The van der Waals surface area contributed by atoms with Crippen molar-refractivity contribution in [3.05, 3.63) is 83.6 Å². The number of rotatable bonds is 4. The van der Waals surface area contributed by atoms with Gasteiger partial charge in [-0.1, -0.05) is 24.3 Å². The van der Waals surface area contributed by atoms with Gasteiger partial charge in [-0.25, -0.2) is 4.98 Å². The first-order valence-electron chi connectivity index (χ1n) is 8.43. The van der Waals surface area contributed by atoms with E-state index in [0.29, 0.717) is 11.4 Å². The van der Waals surface area contributed by atoms with Crippen LogP contribution in [0.3, 0.4) is 0 Å². The van der Waals surface area contributed by atoms with Crippen molar-refractivity contribution >= 4 is 17.4 Å². The number of benzene rings is 2. The molecular formula is C21H19N3O2. The second-order valence-corrected chi connectivity index (χ2v) is 6.23. The van der Waals surface area contributed by atoms with Crippen LogP contribution >= 0.6 is 0 Å². The lowest BCUT2D eigenvalue weighted by Crippen LogP contribution is -2.32. The molecule has 0 bridgehead atoms. The molecular weight excluding hydrogens is 326 g/mol. The first-order chi connectivity index (χ1) is 12.7. The predicted molar refractivity (Wildman–Crippen MR) is 102 cm³/mol. The molecule has 0 saturated carbocycles. The molecule has 1 aliphatic heterocycles. The molecule has 4 rings (SSSR count). The van der Waals surface area contributed by atoms with Gasteiger partial charge in [-0.2, -0.15) is 0 Å². The summed E-state index contributed by atoms with van der Waals surface area (Å²) in [7, 11) is 1.64. The molecule has 1 N–H and O–H groups in total. The predicted octanol–water partition coefficient (Wildman–Crippen LogP) is 4.17. The third-order valence-corrected chi connectivity index (χ3v) is 4.50. The largest absolute Gasteiger partial charge is 0.497 e. The summed E-state index contributed by atoms with van der Waals surface area (Å²) in [5.41, 5.74) is 3.59. The quantitative estimate of drug-likeness (QED) is 0.771. The fourth-order valence-corrected chi connectivity index (χ4v) is 3.14. The molecule has 1 aliphatic rings. The zero-order valence-electron chi connectivity index (χ0n) is 14.6. The number of aryl methyl sites for hydroxylation is 1. The van der Waals surface area contributed by atoms with Gasteiger partial charge in [-0.15, -0.1) is 0 Å². The van der Waals surface area contributed by atoms with Gasteiger partial charge < -0.3 is 10.1 Å². The van der Waals surface area contributed by atoms with E-state index in [1.54, 1.807) is 18.2 Å². The van der Waals surface area contributed by atoms with Gasteiger partial charge in [0.25, 0.3) is 5.91 Å². The minimum Gasteiger partial charge on any atom is -0.497 e. The number of ether oxygens (including phenoxy) is 1. The van der Waals surface area contributed by atoms with Crippen molar-refractivity contribution in [3.8, 4) is 5.75 Å². The van der Waals surface area contributed by atoms with E-state index < -0.39 is 0 Å². The lowest BCUT2D eigenvalue weighted by molar-refractivity contribution is 0.0992. The molecule has 26 heavy (non-hydrogen) atoms. The Bertz CT molecular complexity index is 936. The zero-order valence-corrected chi connectivity index (χ0v) is 14.6. The van der Waals surface area contributed by atoms with Crippen molar-refractivity contribution in [1.29, 1.82) is 0 Å². The van der Waals surface area contributed by atoms with E-state index in [4.69, 9.17) is 4.74 Å². The Morgan fingerprint density at radius 2 is 1.81 bits per heavy atom. The monoisotopic (exact) mass is 345 g/mol. The maximum atomic E-state index is 13.0. The number of anilines is 2. The topological polar surface area (TPSA) is 54.5 Å². The van der Waals surface area contributed by atoms with E-state index >= 15 is 0 Å². The van der Waals surface area contributed by atoms with Crippen LogP contribution in [-0.2, 0) is 0 Å². The molecule has 0 fully saturated rings. The van der Waals surface area contributed by atoms with Crippen LogP contribution in [0, 0.1) is 6.92 Å². The van der Waals surface area contributed by atoms with Crippen LogP contribution in [0.2, 0.25) is 0 Å². The summed E-state index contributed by atoms with van der Waals surface area (Å²) in [4.78, 5) is 19.2. The van der Waals surface area contributed by atoms with E-state index in [-0.39, 0.29) is 12.1 Å². The van der Waals surface area contributed by atoms with Crippen LogP contribution in [0.15, 0.2) is 66.9 Å². The third-order valence-electron chi connectivity index (χ3n) is 4.50. The molecule has 2 heterocycles. The van der Waals surface area contributed by atoms with Gasteiger partial charge in [0.2, 0.25) is 0 Å². The molecule has 5 heteroatoms. The van der Waals surface area contributed by atoms with E-state index in [9.17, 15) is 4.79 Å². The number of hydrogen-bond acceptors (Lipinski definition) is 4. The molecule has 5 nitrogen and oxygen atoms in total. The van der Waals surface area contributed by atoms with Gasteiger partial charge in [0.05, 0.1) is 7.11 Å². The highest BCUT2D eigenvalue weighted by Gasteiger charge is 2.38. The molecule has 1 aromatic heterocycles. The van der Waals surface area contributed by atoms with Crippen molar-refractivity contribution in [2.75, 3.05) is 17.3 Å². The smallest absolute Gasteiger partial charge is 0.261 e. The number of pyridine rings is 1. The van der Waals surface area contributed by atoms with Crippen LogP contribution in [0.5, 0.6) is 5.75 Å². The van der Waals surface area contributed by atoms with Crippen LogP contribution in [0.1, 0.15) is 27.7 Å². The number of hydrogen-bond donors (Lipinski definition) is 1. The highest BCUT2D eigenvalue weighted by Crippen LogP contribution is 2.37. The van der Waals surface area contributed by atoms with Crippen molar-refractivity contribution in [1.82, 2.24) is 4.98 Å². The molecule has 0 radical (unpaired) electrons. The number of aromatic nitrogens is 1. The molecule has 1 unspecified atom stereocenters. The highest BCUT2D eigenvalue weighted by molar-refractivity contribution is 6.11. The number of nitrogens with zero attached hydrogens (tertiary/aromatic N) is 2. The van der Waals surface area contributed by atoms with Gasteiger partial charge in [0.15, 0.2) is 0 Å². The summed E-state index contributed by atoms with van der Waals surface area (Å²) < 4.78 is 5.21. The first-order valence-corrected chi connectivity index (χ1v) is 8.43. The maximum absolute atomic E-state index is 13.0. The number of amides is 1. The fourth-order valence-electron chi connectivity index (χ4n) is 3.14. The van der Waals surface area contributed by atoms with Crippen LogP contribution in [-0.4, -0.2) is 18.0 Å². The molecule has 130 valence electrons. The Kier molecular flexibility index (Phi) is 4.05. The molecule has 1 amide bonds. The van der Waals surface area contributed by atoms with E-state index in [1.165, 1.54) is 0 Å². The Morgan fingerprint density at radius 1 is 1.04 bits per heavy atom. The van der Waals surface area contributed by atoms with Crippen molar-refractivity contribution in [2.24, 2.45) is 0 Å². The third kappa shape index (κ3) is 2.77. The average Bonchev–Trinajstić information content (AvgIpc) is 2.95. The number of carbonyl (C=O) groups excluding carboxylic acids is 1. The van der Waals surface area contributed by atoms with Crippen molar-refractivity contribution in [3.63, 3.8) is 0 Å². The number of methoxy groups -OCH3 is 1. The Balaban J connectivity index is 1.74. The Labute approximate surface area is 152 Å². The maximum Gasteiger partial charge on any atom is 0.261 e. The molecule has 0 spiro atoms. The van der Waals surface area contributed by atoms with E-state index in [0.717, 1.165) is 22.6 Å². The summed E-state index contributed by atoms with van der Waals surface area (Å²) in [5, 5.41) is 3.45.